The summed E-state index contributed by atoms with van der Waals surface area (Å²) in [6.07, 6.45) is 2.43. The molecule has 8 nitrogen and oxygen atoms in total. The lowest BCUT2D eigenvalue weighted by Gasteiger charge is -2.04. The van der Waals surface area contributed by atoms with Gasteiger partial charge in [0.2, 0.25) is 11.8 Å². The summed E-state index contributed by atoms with van der Waals surface area (Å²) in [4.78, 5) is 22.7. The van der Waals surface area contributed by atoms with Gasteiger partial charge in [-0.15, -0.1) is 0 Å². The summed E-state index contributed by atoms with van der Waals surface area (Å²) < 4.78 is 0. The second-order valence-corrected chi connectivity index (χ2v) is 3.99. The summed E-state index contributed by atoms with van der Waals surface area (Å²) in [5.41, 5.74) is 10.6. The van der Waals surface area contributed by atoms with Crippen LogP contribution in [0.1, 0.15) is 0 Å². The van der Waals surface area contributed by atoms with E-state index in [0.29, 0.717) is 52.4 Å². The molecule has 8 heteroatoms. The lowest BCUT2D eigenvalue weighted by atomic mass is 10.4. The number of rotatable bonds is 12. The monoisotopic (exact) mass is 286 g/mol. The van der Waals surface area contributed by atoms with Gasteiger partial charge in [0, 0.05) is 64.5 Å². The molecular weight excluding hydrogens is 260 g/mol. The van der Waals surface area contributed by atoms with E-state index < -0.39 is 0 Å². The van der Waals surface area contributed by atoms with Gasteiger partial charge in [0.05, 0.1) is 0 Å². The summed E-state index contributed by atoms with van der Waals surface area (Å²) in [6.45, 7) is 4.84. The fourth-order valence-corrected chi connectivity index (χ4v) is 1.27. The highest BCUT2D eigenvalue weighted by molar-refractivity contribution is 5.96. The van der Waals surface area contributed by atoms with Gasteiger partial charge in [-0.3, -0.25) is 9.59 Å². The van der Waals surface area contributed by atoms with E-state index >= 15 is 0 Å². The molecule has 8 N–H and O–H groups in total. The van der Waals surface area contributed by atoms with E-state index in [1.54, 1.807) is 0 Å². The predicted molar refractivity (Wildman–Crippen MR) is 79.0 cm³/mol. The summed E-state index contributed by atoms with van der Waals surface area (Å²) in [5, 5.41) is 11.4. The normalized spacial score (nSPS) is 10.7. The average Bonchev–Trinajstić information content (AvgIpc) is 2.44. The molecular formula is C12H26N6O2. The Morgan fingerprint density at radius 1 is 0.700 bits per heavy atom. The zero-order chi connectivity index (χ0) is 15.1. The molecule has 0 saturated heterocycles. The quantitative estimate of drug-likeness (QED) is 0.166. The van der Waals surface area contributed by atoms with Gasteiger partial charge < -0.3 is 32.7 Å². The maximum Gasteiger partial charge on any atom is 0.244 e. The first-order valence-electron chi connectivity index (χ1n) is 6.76. The largest absolute Gasteiger partial charge is 0.351 e. The van der Waals surface area contributed by atoms with Crippen LogP contribution in [0.3, 0.4) is 0 Å². The standard InChI is InChI=1S/C12H26N6O2/c13-3-5-15-7-9-17-11(19)1-2-12(20)18-10-8-16-6-4-14/h1-2,15-16H,3-10,13-14H2,(H,17,19)(H,18,20)/b2-1+. The third-order valence-corrected chi connectivity index (χ3v) is 2.23. The summed E-state index contributed by atoms with van der Waals surface area (Å²) >= 11 is 0. The first kappa shape index (κ1) is 18.5. The number of amides is 2. The Bertz CT molecular complexity index is 268. The van der Waals surface area contributed by atoms with Gasteiger partial charge in [-0.25, -0.2) is 0 Å². The minimum atomic E-state index is -0.295. The molecule has 0 aromatic heterocycles. The molecule has 0 aliphatic carbocycles. The van der Waals surface area contributed by atoms with Crippen LogP contribution in [0.5, 0.6) is 0 Å². The van der Waals surface area contributed by atoms with E-state index in [2.05, 4.69) is 21.3 Å². The summed E-state index contributed by atoms with van der Waals surface area (Å²) in [7, 11) is 0. The van der Waals surface area contributed by atoms with Gasteiger partial charge in [-0.1, -0.05) is 0 Å². The molecule has 0 aromatic rings. The third-order valence-electron chi connectivity index (χ3n) is 2.23. The van der Waals surface area contributed by atoms with Crippen molar-refractivity contribution < 1.29 is 9.59 Å². The second kappa shape index (κ2) is 13.9. The molecule has 0 aliphatic rings. The molecule has 0 radical (unpaired) electrons. The van der Waals surface area contributed by atoms with Crippen LogP contribution in [0, 0.1) is 0 Å². The van der Waals surface area contributed by atoms with Crippen molar-refractivity contribution in [2.24, 2.45) is 11.5 Å². The van der Waals surface area contributed by atoms with Crippen molar-refractivity contribution in [1.29, 1.82) is 0 Å². The van der Waals surface area contributed by atoms with Crippen molar-refractivity contribution in [2.45, 2.75) is 0 Å². The Labute approximate surface area is 119 Å². The zero-order valence-corrected chi connectivity index (χ0v) is 11.8. The lowest BCUT2D eigenvalue weighted by molar-refractivity contribution is -0.118. The van der Waals surface area contributed by atoms with Crippen LogP contribution in [0.15, 0.2) is 12.2 Å². The topological polar surface area (TPSA) is 134 Å². The van der Waals surface area contributed by atoms with Crippen molar-refractivity contribution in [3.05, 3.63) is 12.2 Å². The third kappa shape index (κ3) is 13.0. The van der Waals surface area contributed by atoms with Crippen molar-refractivity contribution in [3.63, 3.8) is 0 Å². The molecule has 0 aliphatic heterocycles. The van der Waals surface area contributed by atoms with Crippen LogP contribution in [-0.4, -0.2) is 64.2 Å². The second-order valence-electron chi connectivity index (χ2n) is 3.99. The average molecular weight is 286 g/mol. The Balaban J connectivity index is 3.54. The van der Waals surface area contributed by atoms with E-state index in [1.807, 2.05) is 0 Å². The van der Waals surface area contributed by atoms with Crippen molar-refractivity contribution in [3.8, 4) is 0 Å². The molecule has 0 unspecified atom stereocenters. The van der Waals surface area contributed by atoms with E-state index in [4.69, 9.17) is 11.5 Å². The number of nitrogens with one attached hydrogen (secondary N) is 4. The van der Waals surface area contributed by atoms with Crippen LogP contribution >= 0.6 is 0 Å². The summed E-state index contributed by atoms with van der Waals surface area (Å²) in [5.74, 6) is -0.591. The van der Waals surface area contributed by atoms with Crippen LogP contribution < -0.4 is 32.7 Å². The molecule has 0 fully saturated rings. The minimum Gasteiger partial charge on any atom is -0.351 e. The zero-order valence-electron chi connectivity index (χ0n) is 11.8. The Hall–Kier alpha value is -1.48. The fraction of sp³-hybridized carbons (Fsp3) is 0.667. The van der Waals surface area contributed by atoms with E-state index in [-0.39, 0.29) is 11.8 Å². The molecule has 20 heavy (non-hydrogen) atoms. The Morgan fingerprint density at radius 2 is 1.10 bits per heavy atom. The number of hydrogen-bond acceptors (Lipinski definition) is 6. The smallest absolute Gasteiger partial charge is 0.244 e. The predicted octanol–water partition coefficient (Wildman–Crippen LogP) is -3.13. The minimum absolute atomic E-state index is 0.295. The van der Waals surface area contributed by atoms with Gasteiger partial charge in [0.15, 0.2) is 0 Å². The fourth-order valence-electron chi connectivity index (χ4n) is 1.27. The lowest BCUT2D eigenvalue weighted by Crippen LogP contribution is -2.34. The van der Waals surface area contributed by atoms with Gasteiger partial charge in [0.25, 0.3) is 0 Å². The molecule has 0 heterocycles. The number of carbonyl (C=O) groups is 2. The SMILES string of the molecule is NCCNCCNC(=O)/C=C/C(=O)NCCNCCN. The van der Waals surface area contributed by atoms with Crippen molar-refractivity contribution >= 4 is 11.8 Å². The van der Waals surface area contributed by atoms with Gasteiger partial charge in [0.1, 0.15) is 0 Å². The maximum absolute atomic E-state index is 11.3. The van der Waals surface area contributed by atoms with Gasteiger partial charge in [-0.2, -0.15) is 0 Å². The van der Waals surface area contributed by atoms with Crippen LogP contribution in [0.25, 0.3) is 0 Å². The van der Waals surface area contributed by atoms with Crippen molar-refractivity contribution in [1.82, 2.24) is 21.3 Å². The number of hydrogen-bond donors (Lipinski definition) is 6. The molecule has 0 aromatic carbocycles. The van der Waals surface area contributed by atoms with Crippen LogP contribution in [0.4, 0.5) is 0 Å². The molecule has 0 saturated carbocycles. The van der Waals surface area contributed by atoms with Crippen LogP contribution in [0.2, 0.25) is 0 Å². The number of nitrogens with two attached hydrogens (primary N) is 2. The first-order chi connectivity index (χ1) is 9.70. The van der Waals surface area contributed by atoms with Crippen LogP contribution in [-0.2, 0) is 9.59 Å². The van der Waals surface area contributed by atoms with Gasteiger partial charge >= 0.3 is 0 Å². The number of carbonyl (C=O) groups excluding carboxylic acids is 2. The highest BCUT2D eigenvalue weighted by atomic mass is 16.2. The molecule has 0 atom stereocenters. The van der Waals surface area contributed by atoms with E-state index in [1.165, 1.54) is 12.2 Å². The Kier molecular flexibility index (Phi) is 12.9. The highest BCUT2D eigenvalue weighted by Crippen LogP contribution is 1.75. The molecule has 2 amide bonds. The first-order valence-corrected chi connectivity index (χ1v) is 6.76. The molecule has 0 spiro atoms. The molecule has 0 bridgehead atoms. The van der Waals surface area contributed by atoms with E-state index in [9.17, 15) is 9.59 Å². The Morgan fingerprint density at radius 3 is 1.45 bits per heavy atom. The van der Waals surface area contributed by atoms with Crippen molar-refractivity contribution in [2.75, 3.05) is 52.4 Å². The molecule has 0 rings (SSSR count). The maximum atomic E-state index is 11.3. The van der Waals surface area contributed by atoms with E-state index in [0.717, 1.165) is 0 Å². The van der Waals surface area contributed by atoms with Gasteiger partial charge in [-0.05, 0) is 0 Å². The summed E-state index contributed by atoms with van der Waals surface area (Å²) in [6, 6.07) is 0. The highest BCUT2D eigenvalue weighted by Gasteiger charge is 1.97. The molecule has 116 valence electrons.